The van der Waals surface area contributed by atoms with E-state index in [0.29, 0.717) is 0 Å². The van der Waals surface area contributed by atoms with Crippen molar-refractivity contribution in [1.29, 1.82) is 0 Å². The van der Waals surface area contributed by atoms with Gasteiger partial charge in [0.25, 0.3) is 0 Å². The first-order chi connectivity index (χ1) is 15.6. The SMILES string of the molecule is C=C(Nc1ccc2c(c1)CCN(Cc1ccccc1)C2=C)c1ccc(CCCCC)cc1. The topological polar surface area (TPSA) is 15.3 Å². The highest BCUT2D eigenvalue weighted by Crippen LogP contribution is 2.31. The van der Waals surface area contributed by atoms with Gasteiger partial charge >= 0.3 is 0 Å². The van der Waals surface area contributed by atoms with Gasteiger partial charge in [0.15, 0.2) is 0 Å². The number of unbranched alkanes of at least 4 members (excludes halogenated alkanes) is 2. The van der Waals surface area contributed by atoms with Gasteiger partial charge in [0.2, 0.25) is 0 Å². The quantitative estimate of drug-likeness (QED) is 0.358. The number of rotatable bonds is 9. The van der Waals surface area contributed by atoms with Gasteiger partial charge in [0.05, 0.1) is 0 Å². The van der Waals surface area contributed by atoms with Crippen molar-refractivity contribution in [2.75, 3.05) is 11.9 Å². The van der Waals surface area contributed by atoms with Crippen LogP contribution in [0.25, 0.3) is 11.4 Å². The Kier molecular flexibility index (Phi) is 7.11. The van der Waals surface area contributed by atoms with Gasteiger partial charge in [-0.2, -0.15) is 0 Å². The van der Waals surface area contributed by atoms with Crippen molar-refractivity contribution in [3.8, 4) is 0 Å². The average Bonchev–Trinajstić information content (AvgIpc) is 2.82. The summed E-state index contributed by atoms with van der Waals surface area (Å²) in [5, 5.41) is 3.51. The van der Waals surface area contributed by atoms with E-state index < -0.39 is 0 Å². The number of fused-ring (bicyclic) bond motifs is 1. The molecule has 2 nitrogen and oxygen atoms in total. The van der Waals surface area contributed by atoms with Crippen molar-refractivity contribution in [2.24, 2.45) is 0 Å². The Hall–Kier alpha value is -3.26. The summed E-state index contributed by atoms with van der Waals surface area (Å²) >= 11 is 0. The van der Waals surface area contributed by atoms with Gasteiger partial charge in [-0.25, -0.2) is 0 Å². The van der Waals surface area contributed by atoms with E-state index in [2.05, 4.69) is 103 Å². The number of aryl methyl sites for hydroxylation is 1. The van der Waals surface area contributed by atoms with Crippen LogP contribution in [-0.2, 0) is 19.4 Å². The van der Waals surface area contributed by atoms with Gasteiger partial charge in [-0.3, -0.25) is 0 Å². The molecule has 32 heavy (non-hydrogen) atoms. The van der Waals surface area contributed by atoms with Crippen LogP contribution in [0.3, 0.4) is 0 Å². The molecule has 4 rings (SSSR count). The molecule has 3 aromatic carbocycles. The van der Waals surface area contributed by atoms with Crippen molar-refractivity contribution < 1.29 is 0 Å². The van der Waals surface area contributed by atoms with Crippen LogP contribution in [0.15, 0.2) is 86.0 Å². The van der Waals surface area contributed by atoms with Crippen LogP contribution >= 0.6 is 0 Å². The molecule has 1 heterocycles. The minimum absolute atomic E-state index is 0.907. The summed E-state index contributed by atoms with van der Waals surface area (Å²) in [5.74, 6) is 0. The maximum Gasteiger partial charge on any atom is 0.0429 e. The molecule has 0 bridgehead atoms. The molecular weight excluding hydrogens is 388 g/mol. The summed E-state index contributed by atoms with van der Waals surface area (Å²) in [4.78, 5) is 2.38. The summed E-state index contributed by atoms with van der Waals surface area (Å²) in [6.07, 6.45) is 6.00. The van der Waals surface area contributed by atoms with Crippen molar-refractivity contribution in [3.63, 3.8) is 0 Å². The third kappa shape index (κ3) is 5.31. The zero-order chi connectivity index (χ0) is 22.3. The Balaban J connectivity index is 1.39. The smallest absolute Gasteiger partial charge is 0.0429 e. The van der Waals surface area contributed by atoms with Gasteiger partial charge in [-0.1, -0.05) is 93.6 Å². The van der Waals surface area contributed by atoms with Crippen LogP contribution in [0.2, 0.25) is 0 Å². The number of benzene rings is 3. The molecule has 1 aliphatic heterocycles. The Morgan fingerprint density at radius 1 is 0.938 bits per heavy atom. The summed E-state index contributed by atoms with van der Waals surface area (Å²) in [6.45, 7) is 12.8. The molecular formula is C30H34N2. The van der Waals surface area contributed by atoms with Crippen LogP contribution < -0.4 is 5.32 Å². The minimum atomic E-state index is 0.907. The van der Waals surface area contributed by atoms with Gasteiger partial charge in [0, 0.05) is 35.7 Å². The average molecular weight is 423 g/mol. The van der Waals surface area contributed by atoms with Crippen LogP contribution in [0.1, 0.15) is 54.0 Å². The van der Waals surface area contributed by atoms with E-state index in [4.69, 9.17) is 0 Å². The summed E-state index contributed by atoms with van der Waals surface area (Å²) < 4.78 is 0. The van der Waals surface area contributed by atoms with E-state index in [0.717, 1.165) is 48.6 Å². The van der Waals surface area contributed by atoms with E-state index in [9.17, 15) is 0 Å². The third-order valence-corrected chi connectivity index (χ3v) is 6.33. The minimum Gasteiger partial charge on any atom is -0.367 e. The normalized spacial score (nSPS) is 13.0. The van der Waals surface area contributed by atoms with Crippen LogP contribution in [0, 0.1) is 0 Å². The van der Waals surface area contributed by atoms with Gasteiger partial charge < -0.3 is 10.2 Å². The number of hydrogen-bond acceptors (Lipinski definition) is 2. The fraction of sp³-hybridized carbons (Fsp3) is 0.267. The van der Waals surface area contributed by atoms with Gasteiger partial charge in [0.1, 0.15) is 0 Å². The van der Waals surface area contributed by atoms with Crippen molar-refractivity contribution in [2.45, 2.75) is 45.6 Å². The second-order valence-corrected chi connectivity index (χ2v) is 8.73. The first-order valence-electron chi connectivity index (χ1n) is 11.8. The number of hydrogen-bond donors (Lipinski definition) is 1. The monoisotopic (exact) mass is 422 g/mol. The molecule has 0 radical (unpaired) electrons. The van der Waals surface area contributed by atoms with Crippen LogP contribution in [0.5, 0.6) is 0 Å². The summed E-state index contributed by atoms with van der Waals surface area (Å²) in [7, 11) is 0. The van der Waals surface area contributed by atoms with Crippen molar-refractivity contribution in [1.82, 2.24) is 4.90 Å². The standard InChI is InChI=1S/C30H34N2/c1-4-5-7-10-25-13-15-27(16-14-25)23(2)31-29-17-18-30-24(3)32(20-19-28(30)21-29)22-26-11-8-6-9-12-26/h6,8-9,11-18,21,31H,2-5,7,10,19-20,22H2,1H3. The van der Waals surface area contributed by atoms with Gasteiger partial charge in [-0.15, -0.1) is 0 Å². The Morgan fingerprint density at radius 2 is 1.72 bits per heavy atom. The molecule has 1 aliphatic rings. The summed E-state index contributed by atoms with van der Waals surface area (Å²) in [6, 6.07) is 26.0. The highest BCUT2D eigenvalue weighted by molar-refractivity contribution is 5.77. The molecule has 0 aliphatic carbocycles. The zero-order valence-electron chi connectivity index (χ0n) is 19.2. The lowest BCUT2D eigenvalue weighted by molar-refractivity contribution is 0.384. The first-order valence-corrected chi connectivity index (χ1v) is 11.8. The molecule has 0 fully saturated rings. The van der Waals surface area contributed by atoms with E-state index in [1.54, 1.807) is 0 Å². The fourth-order valence-electron chi connectivity index (χ4n) is 4.40. The van der Waals surface area contributed by atoms with E-state index in [-0.39, 0.29) is 0 Å². The van der Waals surface area contributed by atoms with E-state index in [1.165, 1.54) is 41.5 Å². The highest BCUT2D eigenvalue weighted by atomic mass is 15.1. The molecule has 2 heteroatoms. The molecule has 0 amide bonds. The van der Waals surface area contributed by atoms with Crippen molar-refractivity contribution in [3.05, 3.63) is 114 Å². The molecule has 164 valence electrons. The molecule has 0 spiro atoms. The first kappa shape index (κ1) is 22.0. The summed E-state index contributed by atoms with van der Waals surface area (Å²) in [5.41, 5.74) is 9.60. The van der Waals surface area contributed by atoms with E-state index in [1.807, 2.05) is 0 Å². The molecule has 3 aromatic rings. The molecule has 1 N–H and O–H groups in total. The molecule has 0 aromatic heterocycles. The lowest BCUT2D eigenvalue weighted by atomic mass is 9.96. The Labute approximate surface area is 193 Å². The zero-order valence-corrected chi connectivity index (χ0v) is 19.2. The Morgan fingerprint density at radius 3 is 2.47 bits per heavy atom. The molecule has 0 unspecified atom stereocenters. The van der Waals surface area contributed by atoms with E-state index >= 15 is 0 Å². The maximum atomic E-state index is 4.39. The Bertz CT molecular complexity index is 1060. The van der Waals surface area contributed by atoms with Crippen LogP contribution in [0.4, 0.5) is 5.69 Å². The largest absolute Gasteiger partial charge is 0.367 e. The predicted molar refractivity (Wildman–Crippen MR) is 138 cm³/mol. The highest BCUT2D eigenvalue weighted by Gasteiger charge is 2.20. The third-order valence-electron chi connectivity index (χ3n) is 6.33. The number of nitrogens with one attached hydrogen (secondary N) is 1. The maximum absolute atomic E-state index is 4.39. The fourth-order valence-corrected chi connectivity index (χ4v) is 4.40. The van der Waals surface area contributed by atoms with Gasteiger partial charge in [-0.05, 0) is 53.6 Å². The molecule has 0 atom stereocenters. The van der Waals surface area contributed by atoms with Crippen molar-refractivity contribution >= 4 is 17.1 Å². The molecule has 0 saturated carbocycles. The second-order valence-electron chi connectivity index (χ2n) is 8.73. The number of anilines is 1. The lowest BCUT2D eigenvalue weighted by Gasteiger charge is -2.33. The van der Waals surface area contributed by atoms with Crippen LogP contribution in [-0.4, -0.2) is 11.4 Å². The number of nitrogens with zero attached hydrogens (tertiary/aromatic N) is 1. The predicted octanol–water partition coefficient (Wildman–Crippen LogP) is 7.53. The lowest BCUT2D eigenvalue weighted by Crippen LogP contribution is -2.28. The molecule has 0 saturated heterocycles. The second kappa shape index (κ2) is 10.4.